The van der Waals surface area contributed by atoms with E-state index in [9.17, 15) is 5.11 Å². The molecule has 0 heterocycles. The van der Waals surface area contributed by atoms with Gasteiger partial charge in [-0.05, 0) is 30.5 Å². The molecule has 0 amide bonds. The molecule has 134 valence electrons. The first-order valence-electron chi connectivity index (χ1n) is 8.53. The number of hydrogen-bond donors (Lipinski definition) is 2. The summed E-state index contributed by atoms with van der Waals surface area (Å²) in [7, 11) is 3.61. The normalized spacial score (nSPS) is 11.2. The number of rotatable bonds is 7. The highest BCUT2D eigenvalue weighted by Gasteiger charge is 2.07. The summed E-state index contributed by atoms with van der Waals surface area (Å²) in [4.78, 5) is 6.78. The Balaban J connectivity index is 1.99. The zero-order valence-electron chi connectivity index (χ0n) is 15.2. The van der Waals surface area contributed by atoms with Gasteiger partial charge in [-0.2, -0.15) is 0 Å². The van der Waals surface area contributed by atoms with Gasteiger partial charge in [0.15, 0.2) is 5.96 Å². The summed E-state index contributed by atoms with van der Waals surface area (Å²) in [5.41, 5.74) is 2.11. The van der Waals surface area contributed by atoms with Crippen molar-refractivity contribution in [1.82, 2.24) is 10.2 Å². The molecule has 25 heavy (non-hydrogen) atoms. The molecule has 0 saturated heterocycles. The first kappa shape index (κ1) is 18.6. The number of aromatic hydroxyl groups is 1. The van der Waals surface area contributed by atoms with Crippen molar-refractivity contribution < 1.29 is 9.84 Å². The molecular formula is C20H27N3O2. The second-order valence-electron chi connectivity index (χ2n) is 5.82. The van der Waals surface area contributed by atoms with Gasteiger partial charge in [0.1, 0.15) is 11.5 Å². The lowest BCUT2D eigenvalue weighted by Gasteiger charge is -2.22. The Morgan fingerprint density at radius 1 is 1.20 bits per heavy atom. The van der Waals surface area contributed by atoms with Crippen molar-refractivity contribution in [3.63, 3.8) is 0 Å². The molecular weight excluding hydrogens is 314 g/mol. The highest BCUT2D eigenvalue weighted by molar-refractivity contribution is 5.79. The van der Waals surface area contributed by atoms with Crippen molar-refractivity contribution in [3.05, 3.63) is 59.7 Å². The smallest absolute Gasteiger partial charge is 0.193 e. The van der Waals surface area contributed by atoms with E-state index >= 15 is 0 Å². The summed E-state index contributed by atoms with van der Waals surface area (Å²) in [6.45, 7) is 4.26. The molecule has 5 heteroatoms. The number of guanidine groups is 1. The standard InChI is InChI=1S/C20H27N3O2/c1-4-21-20(23(2)15-16-8-6-5-7-9-16)22-13-12-17-10-11-18(25-3)14-19(17)24/h5-11,14,24H,4,12-13,15H2,1-3H3,(H,21,22). The molecule has 0 unspecified atom stereocenters. The Kier molecular flexibility index (Phi) is 7.14. The number of nitrogens with zero attached hydrogens (tertiary/aromatic N) is 2. The lowest BCUT2D eigenvalue weighted by Crippen LogP contribution is -2.38. The second-order valence-corrected chi connectivity index (χ2v) is 5.82. The maximum Gasteiger partial charge on any atom is 0.193 e. The molecule has 2 N–H and O–H groups in total. The van der Waals surface area contributed by atoms with Gasteiger partial charge >= 0.3 is 0 Å². The van der Waals surface area contributed by atoms with Crippen LogP contribution >= 0.6 is 0 Å². The van der Waals surface area contributed by atoms with Crippen LogP contribution < -0.4 is 10.1 Å². The van der Waals surface area contributed by atoms with Crippen LogP contribution in [0.1, 0.15) is 18.1 Å². The Morgan fingerprint density at radius 2 is 1.96 bits per heavy atom. The number of benzene rings is 2. The van der Waals surface area contributed by atoms with Crippen LogP contribution in [0, 0.1) is 0 Å². The minimum Gasteiger partial charge on any atom is -0.508 e. The highest BCUT2D eigenvalue weighted by Crippen LogP contribution is 2.23. The summed E-state index contributed by atoms with van der Waals surface area (Å²) in [5.74, 6) is 1.76. The zero-order valence-corrected chi connectivity index (χ0v) is 15.2. The van der Waals surface area contributed by atoms with E-state index in [1.807, 2.05) is 37.4 Å². The Hall–Kier alpha value is -2.69. The van der Waals surface area contributed by atoms with Crippen LogP contribution in [0.3, 0.4) is 0 Å². The van der Waals surface area contributed by atoms with E-state index in [-0.39, 0.29) is 5.75 Å². The number of phenolic OH excluding ortho intramolecular Hbond substituents is 1. The first-order valence-corrected chi connectivity index (χ1v) is 8.53. The molecule has 2 rings (SSSR count). The third-order valence-corrected chi connectivity index (χ3v) is 3.89. The summed E-state index contributed by atoms with van der Waals surface area (Å²) < 4.78 is 5.11. The Labute approximate surface area is 150 Å². The molecule has 0 spiro atoms. The van der Waals surface area contributed by atoms with E-state index in [0.717, 1.165) is 24.6 Å². The number of ether oxygens (including phenoxy) is 1. The lowest BCUT2D eigenvalue weighted by atomic mass is 10.1. The van der Waals surface area contributed by atoms with Crippen molar-refractivity contribution in [1.29, 1.82) is 0 Å². The molecule has 0 radical (unpaired) electrons. The van der Waals surface area contributed by atoms with E-state index < -0.39 is 0 Å². The third-order valence-electron chi connectivity index (χ3n) is 3.89. The van der Waals surface area contributed by atoms with E-state index in [2.05, 4.69) is 34.3 Å². The van der Waals surface area contributed by atoms with Crippen molar-refractivity contribution in [2.45, 2.75) is 19.9 Å². The van der Waals surface area contributed by atoms with Crippen LogP contribution in [0.5, 0.6) is 11.5 Å². The van der Waals surface area contributed by atoms with Gasteiger partial charge in [-0.1, -0.05) is 36.4 Å². The van der Waals surface area contributed by atoms with Crippen LogP contribution in [-0.4, -0.2) is 43.2 Å². The maximum atomic E-state index is 10.0. The van der Waals surface area contributed by atoms with Gasteiger partial charge in [0.05, 0.1) is 7.11 Å². The first-order chi connectivity index (χ1) is 12.1. The summed E-state index contributed by atoms with van der Waals surface area (Å²) in [5, 5.41) is 13.4. The van der Waals surface area contributed by atoms with Gasteiger partial charge in [-0.25, -0.2) is 0 Å². The van der Waals surface area contributed by atoms with E-state index in [1.165, 1.54) is 5.56 Å². The van der Waals surface area contributed by atoms with Crippen molar-refractivity contribution in [2.24, 2.45) is 4.99 Å². The van der Waals surface area contributed by atoms with Gasteiger partial charge in [0.25, 0.3) is 0 Å². The summed E-state index contributed by atoms with van der Waals surface area (Å²) in [6.07, 6.45) is 0.671. The Morgan fingerprint density at radius 3 is 2.60 bits per heavy atom. The highest BCUT2D eigenvalue weighted by atomic mass is 16.5. The number of methoxy groups -OCH3 is 1. The Bertz CT molecular complexity index is 687. The van der Waals surface area contributed by atoms with Gasteiger partial charge in [0, 0.05) is 32.7 Å². The largest absolute Gasteiger partial charge is 0.508 e. The molecule has 0 atom stereocenters. The molecule has 0 aliphatic carbocycles. The minimum absolute atomic E-state index is 0.247. The van der Waals surface area contributed by atoms with Crippen molar-refractivity contribution >= 4 is 5.96 Å². The molecule has 2 aromatic carbocycles. The predicted octanol–water partition coefficient (Wildman–Crippen LogP) is 3.04. The van der Waals surface area contributed by atoms with Crippen LogP contribution in [0.2, 0.25) is 0 Å². The number of hydrogen-bond acceptors (Lipinski definition) is 3. The molecule has 2 aromatic rings. The molecule has 0 aliphatic rings. The second kappa shape index (κ2) is 9.57. The quantitative estimate of drug-likeness (QED) is 0.600. The average Bonchev–Trinajstić information content (AvgIpc) is 2.63. The topological polar surface area (TPSA) is 57.1 Å². The number of aliphatic imine (C=N–C) groups is 1. The molecule has 0 bridgehead atoms. The monoisotopic (exact) mass is 341 g/mol. The van der Waals surface area contributed by atoms with Crippen molar-refractivity contribution in [3.8, 4) is 11.5 Å². The van der Waals surface area contributed by atoms with E-state index in [1.54, 1.807) is 13.2 Å². The molecule has 5 nitrogen and oxygen atoms in total. The van der Waals surface area contributed by atoms with Crippen molar-refractivity contribution in [2.75, 3.05) is 27.2 Å². The van der Waals surface area contributed by atoms with Gasteiger partial charge in [0.2, 0.25) is 0 Å². The van der Waals surface area contributed by atoms with Crippen LogP contribution in [-0.2, 0) is 13.0 Å². The van der Waals surface area contributed by atoms with Gasteiger partial charge in [-0.15, -0.1) is 0 Å². The lowest BCUT2D eigenvalue weighted by molar-refractivity contribution is 0.406. The van der Waals surface area contributed by atoms with Gasteiger partial charge < -0.3 is 20.1 Å². The molecule has 0 aliphatic heterocycles. The predicted molar refractivity (Wildman–Crippen MR) is 102 cm³/mol. The SMILES string of the molecule is CCNC(=NCCc1ccc(OC)cc1O)N(C)Cc1ccccc1. The summed E-state index contributed by atoms with van der Waals surface area (Å²) in [6, 6.07) is 15.7. The molecule has 0 fully saturated rings. The fourth-order valence-electron chi connectivity index (χ4n) is 2.57. The van der Waals surface area contributed by atoms with E-state index in [0.29, 0.717) is 18.7 Å². The van der Waals surface area contributed by atoms with Crippen LogP contribution in [0.25, 0.3) is 0 Å². The maximum absolute atomic E-state index is 10.0. The average molecular weight is 341 g/mol. The van der Waals surface area contributed by atoms with E-state index in [4.69, 9.17) is 4.74 Å². The summed E-state index contributed by atoms with van der Waals surface area (Å²) >= 11 is 0. The molecule has 0 aromatic heterocycles. The van der Waals surface area contributed by atoms with Crippen LogP contribution in [0.4, 0.5) is 0 Å². The zero-order chi connectivity index (χ0) is 18.1. The number of phenols is 1. The fourth-order valence-corrected chi connectivity index (χ4v) is 2.57. The third kappa shape index (κ3) is 5.71. The van der Waals surface area contributed by atoms with Crippen LogP contribution in [0.15, 0.2) is 53.5 Å². The van der Waals surface area contributed by atoms with Gasteiger partial charge in [-0.3, -0.25) is 4.99 Å². The number of nitrogens with one attached hydrogen (secondary N) is 1. The minimum atomic E-state index is 0.247. The fraction of sp³-hybridized carbons (Fsp3) is 0.350. The molecule has 0 saturated carbocycles.